The molecule has 0 spiro atoms. The first-order chi connectivity index (χ1) is 25.0. The lowest BCUT2D eigenvalue weighted by Gasteiger charge is -2.27. The zero-order chi connectivity index (χ0) is 38.2. The first kappa shape index (κ1) is 45.8. The van der Waals surface area contributed by atoms with Crippen molar-refractivity contribution in [3.05, 3.63) is 33.1 Å². The standard InChI is InChI=1S/C36H63N2O13P/c1-3-5-7-9-11-13-15-17-19-21-31(40)47-25-28(50-32(41)22-20-18-16-14-12-10-8-6-4-2)26-48-52(45,46)49-27-29-33(42)34(43)35(51-29)38-24-23-30(39)37-36(38)44/h23-24,28-29,33-35,42-43H,3-22,25-27H2,1-2H3,(H,45,46)(H,37,39,44)/p-1/t28-,29+,33?,34-,35+/m0/s1. The third-order valence-electron chi connectivity index (χ3n) is 8.98. The lowest BCUT2D eigenvalue weighted by Crippen LogP contribution is -2.37. The van der Waals surface area contributed by atoms with Crippen LogP contribution in [0.2, 0.25) is 0 Å². The summed E-state index contributed by atoms with van der Waals surface area (Å²) >= 11 is 0. The smallest absolute Gasteiger partial charge is 0.330 e. The Morgan fingerprint density at radius 3 is 1.87 bits per heavy atom. The molecule has 2 unspecified atom stereocenters. The highest BCUT2D eigenvalue weighted by molar-refractivity contribution is 7.45. The van der Waals surface area contributed by atoms with Gasteiger partial charge in [-0.15, -0.1) is 0 Å². The van der Waals surface area contributed by atoms with Crippen molar-refractivity contribution < 1.29 is 52.5 Å². The lowest BCUT2D eigenvalue weighted by molar-refractivity contribution is -0.231. The van der Waals surface area contributed by atoms with Crippen molar-refractivity contribution >= 4 is 19.8 Å². The topological polar surface area (TPSA) is 216 Å². The highest BCUT2D eigenvalue weighted by Crippen LogP contribution is 2.40. The summed E-state index contributed by atoms with van der Waals surface area (Å²) in [5, 5.41) is 20.8. The molecule has 0 bridgehead atoms. The number of carbonyl (C=O) groups is 2. The van der Waals surface area contributed by atoms with E-state index in [9.17, 15) is 38.8 Å². The van der Waals surface area contributed by atoms with Crippen LogP contribution in [-0.2, 0) is 37.4 Å². The minimum Gasteiger partial charge on any atom is -0.756 e. The fourth-order valence-electron chi connectivity index (χ4n) is 5.88. The minimum atomic E-state index is -5.10. The predicted octanol–water partition coefficient (Wildman–Crippen LogP) is 4.95. The van der Waals surface area contributed by atoms with Gasteiger partial charge in [-0.1, -0.05) is 117 Å². The van der Waals surface area contributed by atoms with Crippen LogP contribution >= 0.6 is 7.82 Å². The van der Waals surface area contributed by atoms with Gasteiger partial charge in [0, 0.05) is 25.1 Å². The van der Waals surface area contributed by atoms with E-state index in [0.717, 1.165) is 61.8 Å². The summed E-state index contributed by atoms with van der Waals surface area (Å²) in [5.41, 5.74) is -1.59. The van der Waals surface area contributed by atoms with Crippen LogP contribution in [0.15, 0.2) is 21.9 Å². The molecule has 1 aromatic heterocycles. The maximum Gasteiger partial charge on any atom is 0.330 e. The van der Waals surface area contributed by atoms with E-state index in [-0.39, 0.29) is 12.8 Å². The molecule has 300 valence electrons. The van der Waals surface area contributed by atoms with E-state index >= 15 is 0 Å². The number of H-pyrrole nitrogens is 1. The van der Waals surface area contributed by atoms with E-state index in [2.05, 4.69) is 13.8 Å². The van der Waals surface area contributed by atoms with E-state index in [1.807, 2.05) is 4.98 Å². The Balaban J connectivity index is 1.84. The van der Waals surface area contributed by atoms with Crippen LogP contribution in [-0.4, -0.2) is 75.9 Å². The first-order valence-electron chi connectivity index (χ1n) is 19.3. The average Bonchev–Trinajstić information content (AvgIpc) is 3.39. The van der Waals surface area contributed by atoms with Crippen LogP contribution in [0.1, 0.15) is 148 Å². The van der Waals surface area contributed by atoms with Crippen molar-refractivity contribution in [2.24, 2.45) is 0 Å². The molecule has 1 fully saturated rings. The Hall–Kier alpha value is -2.39. The van der Waals surface area contributed by atoms with Gasteiger partial charge in [0.05, 0.1) is 13.2 Å². The molecule has 0 aromatic carbocycles. The van der Waals surface area contributed by atoms with E-state index in [1.54, 1.807) is 0 Å². The number of ether oxygens (including phenoxy) is 3. The molecule has 1 saturated heterocycles. The highest BCUT2D eigenvalue weighted by atomic mass is 31.2. The normalized spacial score (nSPS) is 20.4. The van der Waals surface area contributed by atoms with Gasteiger partial charge in [-0.05, 0) is 12.8 Å². The predicted molar refractivity (Wildman–Crippen MR) is 191 cm³/mol. The molecule has 1 aliphatic rings. The van der Waals surface area contributed by atoms with Crippen LogP contribution in [0.5, 0.6) is 0 Å². The SMILES string of the molecule is CCCCCCCCCCCC(=O)OC[C@@H](COP(=O)([O-])OC[C@H]1O[C@@H](n2ccc(=O)[nH]c2=O)[C@@H](O)C1O)OC(=O)CCCCCCCCCCC. The van der Waals surface area contributed by atoms with Crippen molar-refractivity contribution in [2.45, 2.75) is 173 Å². The Morgan fingerprint density at radius 2 is 1.33 bits per heavy atom. The number of nitrogens with one attached hydrogen (secondary N) is 1. The summed E-state index contributed by atoms with van der Waals surface area (Å²) in [5.74, 6) is -1.07. The molecular weight excluding hydrogens is 699 g/mol. The molecule has 16 heteroatoms. The van der Waals surface area contributed by atoms with Crippen LogP contribution in [0.3, 0.4) is 0 Å². The Kier molecular flexibility index (Phi) is 23.2. The van der Waals surface area contributed by atoms with E-state index < -0.39 is 81.5 Å². The first-order valence-corrected chi connectivity index (χ1v) is 20.7. The number of aromatic nitrogens is 2. The van der Waals surface area contributed by atoms with Crippen molar-refractivity contribution in [3.63, 3.8) is 0 Å². The van der Waals surface area contributed by atoms with Crippen LogP contribution in [0.4, 0.5) is 0 Å². The fraction of sp³-hybridized carbons (Fsp3) is 0.833. The van der Waals surface area contributed by atoms with Gasteiger partial charge in [-0.2, -0.15) is 0 Å². The molecule has 2 heterocycles. The molecule has 3 N–H and O–H groups in total. The zero-order valence-electron chi connectivity index (χ0n) is 31.1. The van der Waals surface area contributed by atoms with Crippen molar-refractivity contribution in [3.8, 4) is 0 Å². The zero-order valence-corrected chi connectivity index (χ0v) is 32.0. The van der Waals surface area contributed by atoms with Gasteiger partial charge in [0.25, 0.3) is 13.4 Å². The third-order valence-corrected chi connectivity index (χ3v) is 9.91. The van der Waals surface area contributed by atoms with Crippen molar-refractivity contribution in [2.75, 3.05) is 19.8 Å². The van der Waals surface area contributed by atoms with E-state index in [1.165, 1.54) is 57.8 Å². The van der Waals surface area contributed by atoms with Gasteiger partial charge in [-0.25, -0.2) is 4.79 Å². The number of unbranched alkanes of at least 4 members (excludes halogenated alkanes) is 16. The van der Waals surface area contributed by atoms with Gasteiger partial charge < -0.3 is 38.4 Å². The van der Waals surface area contributed by atoms with E-state index in [0.29, 0.717) is 12.8 Å². The number of esters is 2. The molecule has 0 aliphatic carbocycles. The fourth-order valence-corrected chi connectivity index (χ4v) is 6.63. The number of rotatable bonds is 30. The summed E-state index contributed by atoms with van der Waals surface area (Å²) < 4.78 is 39.6. The van der Waals surface area contributed by atoms with Crippen LogP contribution in [0, 0.1) is 0 Å². The molecule has 6 atom stereocenters. The molecule has 15 nitrogen and oxygen atoms in total. The second kappa shape index (κ2) is 26.4. The number of nitrogens with zero attached hydrogens (tertiary/aromatic N) is 1. The number of phosphoric ester groups is 1. The number of hydrogen-bond donors (Lipinski definition) is 3. The second-order valence-corrected chi connectivity index (χ2v) is 15.0. The second-order valence-electron chi connectivity index (χ2n) is 13.6. The Labute approximate surface area is 307 Å². The van der Waals surface area contributed by atoms with Crippen molar-refractivity contribution in [1.82, 2.24) is 9.55 Å². The largest absolute Gasteiger partial charge is 0.756 e. The Morgan fingerprint density at radius 1 is 0.808 bits per heavy atom. The molecule has 52 heavy (non-hydrogen) atoms. The molecule has 1 aliphatic heterocycles. The van der Waals surface area contributed by atoms with Crippen LogP contribution < -0.4 is 16.1 Å². The monoisotopic (exact) mass is 761 g/mol. The maximum absolute atomic E-state index is 12.6. The molecule has 1 aromatic rings. The quantitative estimate of drug-likeness (QED) is 0.0538. The molecule has 0 amide bonds. The lowest BCUT2D eigenvalue weighted by atomic mass is 10.1. The highest BCUT2D eigenvalue weighted by Gasteiger charge is 2.44. The number of hydrogen-bond acceptors (Lipinski definition) is 13. The van der Waals surface area contributed by atoms with Crippen molar-refractivity contribution in [1.29, 1.82) is 0 Å². The van der Waals surface area contributed by atoms with Crippen LogP contribution in [0.25, 0.3) is 0 Å². The van der Waals surface area contributed by atoms with Gasteiger partial charge in [0.15, 0.2) is 12.3 Å². The van der Waals surface area contributed by atoms with Gasteiger partial charge in [-0.3, -0.25) is 28.5 Å². The Bertz CT molecular complexity index is 1310. The number of aliphatic hydroxyl groups excluding tert-OH is 2. The number of carbonyl (C=O) groups excluding carboxylic acids is 2. The van der Waals surface area contributed by atoms with Gasteiger partial charge >= 0.3 is 17.6 Å². The number of aromatic amines is 1. The summed E-state index contributed by atoms with van der Waals surface area (Å²) in [6, 6.07) is 1.02. The molecular formula is C36H62N2O13P-. The minimum absolute atomic E-state index is 0.114. The third kappa shape index (κ3) is 19.1. The maximum atomic E-state index is 12.6. The van der Waals surface area contributed by atoms with E-state index in [4.69, 9.17) is 23.3 Å². The average molecular weight is 762 g/mol. The summed E-state index contributed by atoms with van der Waals surface area (Å²) in [6.45, 7) is 2.47. The number of phosphoric acid groups is 1. The number of aliphatic hydroxyl groups is 2. The molecule has 0 radical (unpaired) electrons. The summed E-state index contributed by atoms with van der Waals surface area (Å²) in [4.78, 5) is 63.2. The molecule has 2 rings (SSSR count). The summed E-state index contributed by atoms with van der Waals surface area (Å²) in [7, 11) is -5.10. The van der Waals surface area contributed by atoms with Gasteiger partial charge in [0.2, 0.25) is 0 Å². The summed E-state index contributed by atoms with van der Waals surface area (Å²) in [6.07, 6.45) is 13.4. The van der Waals surface area contributed by atoms with Gasteiger partial charge in [0.1, 0.15) is 24.9 Å². The molecule has 0 saturated carbocycles.